The predicted octanol–water partition coefficient (Wildman–Crippen LogP) is 4.11. The zero-order valence-electron chi connectivity index (χ0n) is 16.5. The number of anilines is 2. The van der Waals surface area contributed by atoms with Crippen molar-refractivity contribution in [1.29, 1.82) is 0 Å². The number of rotatable bonds is 6. The number of alkyl halides is 3. The Kier molecular flexibility index (Phi) is 6.67. The molecule has 11 heteroatoms. The molecule has 1 heterocycles. The van der Waals surface area contributed by atoms with Crippen molar-refractivity contribution < 1.29 is 31.9 Å². The fraction of sp³-hybridized carbons (Fsp3) is 0.143. The molecule has 166 valence electrons. The molecule has 0 saturated heterocycles. The Morgan fingerprint density at radius 3 is 2.41 bits per heavy atom. The Labute approximate surface area is 179 Å². The average molecular weight is 448 g/mol. The second-order valence-corrected chi connectivity index (χ2v) is 6.45. The minimum Gasteiger partial charge on any atom is -0.465 e. The van der Waals surface area contributed by atoms with E-state index in [1.165, 1.54) is 42.6 Å². The first-order valence-electron chi connectivity index (χ1n) is 9.09. The summed E-state index contributed by atoms with van der Waals surface area (Å²) in [6.45, 7) is -1.42. The minimum absolute atomic E-state index is 0.0616. The summed E-state index contributed by atoms with van der Waals surface area (Å²) in [5, 5.41) is 4.61. The molecule has 0 bridgehead atoms. The molecular formula is C21H16F4N4O3. The van der Waals surface area contributed by atoms with Crippen LogP contribution in [0.2, 0.25) is 0 Å². The number of amides is 1. The molecule has 3 aromatic rings. The van der Waals surface area contributed by atoms with Gasteiger partial charge in [0, 0.05) is 23.0 Å². The number of esters is 1. The van der Waals surface area contributed by atoms with E-state index in [1.807, 2.05) is 0 Å². The van der Waals surface area contributed by atoms with Gasteiger partial charge in [0.05, 0.1) is 18.4 Å². The first-order valence-corrected chi connectivity index (χ1v) is 9.09. The number of methoxy groups -OCH3 is 1. The molecule has 3 rings (SSSR count). The quantitative estimate of drug-likeness (QED) is 0.436. The van der Waals surface area contributed by atoms with Crippen molar-refractivity contribution in [3.8, 4) is 11.3 Å². The Morgan fingerprint density at radius 2 is 1.78 bits per heavy atom. The second kappa shape index (κ2) is 9.41. The van der Waals surface area contributed by atoms with E-state index in [4.69, 9.17) is 0 Å². The second-order valence-electron chi connectivity index (χ2n) is 6.45. The number of ether oxygens (including phenoxy) is 1. The number of carbonyl (C=O) groups is 2. The van der Waals surface area contributed by atoms with Crippen LogP contribution in [-0.4, -0.2) is 41.7 Å². The Balaban J connectivity index is 1.73. The van der Waals surface area contributed by atoms with E-state index in [0.717, 1.165) is 13.2 Å². The highest BCUT2D eigenvalue weighted by Gasteiger charge is 2.27. The first-order chi connectivity index (χ1) is 15.2. The Bertz CT molecular complexity index is 1130. The van der Waals surface area contributed by atoms with Gasteiger partial charge in [0.1, 0.15) is 12.4 Å². The van der Waals surface area contributed by atoms with E-state index in [1.54, 1.807) is 11.4 Å². The van der Waals surface area contributed by atoms with E-state index < -0.39 is 30.4 Å². The van der Waals surface area contributed by atoms with Gasteiger partial charge in [0.15, 0.2) is 0 Å². The summed E-state index contributed by atoms with van der Waals surface area (Å²) in [5.41, 5.74) is 1.18. The van der Waals surface area contributed by atoms with Gasteiger partial charge in [-0.3, -0.25) is 4.79 Å². The summed E-state index contributed by atoms with van der Waals surface area (Å²) in [4.78, 5) is 31.6. The highest BCUT2D eigenvalue weighted by molar-refractivity contribution is 5.94. The predicted molar refractivity (Wildman–Crippen MR) is 107 cm³/mol. The Hall–Kier alpha value is -4.02. The molecule has 2 aromatic carbocycles. The van der Waals surface area contributed by atoms with Crippen LogP contribution in [0, 0.1) is 5.82 Å². The van der Waals surface area contributed by atoms with Gasteiger partial charge in [-0.25, -0.2) is 19.2 Å². The molecule has 32 heavy (non-hydrogen) atoms. The number of nitrogens with zero attached hydrogens (tertiary/aromatic N) is 2. The van der Waals surface area contributed by atoms with Gasteiger partial charge in [0.25, 0.3) is 5.91 Å². The summed E-state index contributed by atoms with van der Waals surface area (Å²) >= 11 is 0. The maximum atomic E-state index is 14.1. The number of carbonyl (C=O) groups excluding carboxylic acids is 2. The molecule has 0 saturated carbocycles. The number of halogens is 4. The van der Waals surface area contributed by atoms with Crippen molar-refractivity contribution in [3.63, 3.8) is 0 Å². The smallest absolute Gasteiger partial charge is 0.405 e. The third kappa shape index (κ3) is 5.78. The molecule has 0 radical (unpaired) electrons. The molecule has 0 fully saturated rings. The average Bonchev–Trinajstić information content (AvgIpc) is 2.77. The topological polar surface area (TPSA) is 93.2 Å². The van der Waals surface area contributed by atoms with Crippen molar-refractivity contribution >= 4 is 23.5 Å². The zero-order valence-corrected chi connectivity index (χ0v) is 16.5. The molecule has 1 aromatic heterocycles. The normalized spacial score (nSPS) is 11.0. The lowest BCUT2D eigenvalue weighted by Gasteiger charge is -2.10. The SMILES string of the molecule is COC(=O)c1ccc(Nc2nccc(-c3ccc(C(=O)NCC(F)(F)F)cc3)n2)cc1F. The van der Waals surface area contributed by atoms with Crippen LogP contribution >= 0.6 is 0 Å². The summed E-state index contributed by atoms with van der Waals surface area (Å²) in [5.74, 6) is -2.30. The van der Waals surface area contributed by atoms with Crippen molar-refractivity contribution in [2.24, 2.45) is 0 Å². The van der Waals surface area contributed by atoms with Gasteiger partial charge in [-0.1, -0.05) is 12.1 Å². The summed E-state index contributed by atoms with van der Waals surface area (Å²) in [6, 6.07) is 11.2. The van der Waals surface area contributed by atoms with Crippen LogP contribution in [0.1, 0.15) is 20.7 Å². The number of benzene rings is 2. The first kappa shape index (κ1) is 22.7. The van der Waals surface area contributed by atoms with Gasteiger partial charge in [-0.2, -0.15) is 13.2 Å². The molecule has 0 aliphatic rings. The third-order valence-electron chi connectivity index (χ3n) is 4.18. The van der Waals surface area contributed by atoms with E-state index in [9.17, 15) is 27.2 Å². The van der Waals surface area contributed by atoms with Crippen LogP contribution in [0.25, 0.3) is 11.3 Å². The largest absolute Gasteiger partial charge is 0.465 e. The van der Waals surface area contributed by atoms with Crippen LogP contribution < -0.4 is 10.6 Å². The monoisotopic (exact) mass is 448 g/mol. The molecule has 0 aliphatic heterocycles. The summed E-state index contributed by atoms with van der Waals surface area (Å²) < 4.78 is 55.3. The zero-order chi connectivity index (χ0) is 23.3. The highest BCUT2D eigenvalue weighted by atomic mass is 19.4. The number of hydrogen-bond donors (Lipinski definition) is 2. The summed E-state index contributed by atoms with van der Waals surface area (Å²) in [7, 11) is 1.15. The van der Waals surface area contributed by atoms with Crippen LogP contribution in [0.5, 0.6) is 0 Å². The van der Waals surface area contributed by atoms with Crippen molar-refractivity contribution in [1.82, 2.24) is 15.3 Å². The lowest BCUT2D eigenvalue weighted by Crippen LogP contribution is -2.33. The van der Waals surface area contributed by atoms with E-state index in [-0.39, 0.29) is 17.1 Å². The molecule has 0 aliphatic carbocycles. The van der Waals surface area contributed by atoms with E-state index >= 15 is 0 Å². The minimum atomic E-state index is -4.50. The molecule has 7 nitrogen and oxygen atoms in total. The van der Waals surface area contributed by atoms with Gasteiger partial charge in [-0.05, 0) is 36.4 Å². The van der Waals surface area contributed by atoms with Crippen LogP contribution in [-0.2, 0) is 4.74 Å². The Morgan fingerprint density at radius 1 is 1.06 bits per heavy atom. The number of aromatic nitrogens is 2. The fourth-order valence-electron chi connectivity index (χ4n) is 2.65. The molecule has 0 unspecified atom stereocenters. The summed E-state index contributed by atoms with van der Waals surface area (Å²) in [6.07, 6.45) is -3.05. The van der Waals surface area contributed by atoms with Gasteiger partial charge in [0.2, 0.25) is 5.95 Å². The lowest BCUT2D eigenvalue weighted by molar-refractivity contribution is -0.123. The van der Waals surface area contributed by atoms with Gasteiger partial charge in [-0.15, -0.1) is 0 Å². The standard InChI is InChI=1S/C21H16F4N4O3/c1-32-19(31)15-7-6-14(10-16(15)22)28-20-26-9-8-17(29-20)12-2-4-13(5-3-12)18(30)27-11-21(23,24)25/h2-10H,11H2,1H3,(H,27,30)(H,26,28,29). The molecule has 0 atom stereocenters. The highest BCUT2D eigenvalue weighted by Crippen LogP contribution is 2.22. The van der Waals surface area contributed by atoms with Crippen molar-refractivity contribution in [3.05, 3.63) is 71.7 Å². The van der Waals surface area contributed by atoms with Crippen molar-refractivity contribution in [2.45, 2.75) is 6.18 Å². The lowest BCUT2D eigenvalue weighted by atomic mass is 10.1. The maximum Gasteiger partial charge on any atom is 0.405 e. The van der Waals surface area contributed by atoms with E-state index in [0.29, 0.717) is 16.9 Å². The van der Waals surface area contributed by atoms with Gasteiger partial charge >= 0.3 is 12.1 Å². The fourth-order valence-corrected chi connectivity index (χ4v) is 2.65. The van der Waals surface area contributed by atoms with Crippen LogP contribution in [0.15, 0.2) is 54.7 Å². The maximum absolute atomic E-state index is 14.1. The third-order valence-corrected chi connectivity index (χ3v) is 4.18. The molecule has 2 N–H and O–H groups in total. The molecule has 1 amide bonds. The number of hydrogen-bond acceptors (Lipinski definition) is 6. The van der Waals surface area contributed by atoms with Crippen molar-refractivity contribution in [2.75, 3.05) is 19.0 Å². The number of nitrogens with one attached hydrogen (secondary N) is 2. The van der Waals surface area contributed by atoms with Crippen LogP contribution in [0.4, 0.5) is 29.2 Å². The molecular weight excluding hydrogens is 432 g/mol. The molecule has 0 spiro atoms. The van der Waals surface area contributed by atoms with Crippen LogP contribution in [0.3, 0.4) is 0 Å². The van der Waals surface area contributed by atoms with Gasteiger partial charge < -0.3 is 15.4 Å². The van der Waals surface area contributed by atoms with E-state index in [2.05, 4.69) is 20.0 Å².